The molecular formula is C19H20FN3O. The molecule has 0 radical (unpaired) electrons. The fourth-order valence-corrected chi connectivity index (χ4v) is 2.88. The van der Waals surface area contributed by atoms with Gasteiger partial charge in [0.1, 0.15) is 11.6 Å². The summed E-state index contributed by atoms with van der Waals surface area (Å²) >= 11 is 0. The minimum absolute atomic E-state index is 0.144. The van der Waals surface area contributed by atoms with E-state index in [0.717, 1.165) is 24.8 Å². The molecule has 0 aliphatic heterocycles. The second kappa shape index (κ2) is 7.34. The number of halogens is 1. The van der Waals surface area contributed by atoms with Crippen LogP contribution in [0.4, 0.5) is 4.39 Å². The number of H-pyrrole nitrogens is 1. The third-order valence-electron chi connectivity index (χ3n) is 4.33. The van der Waals surface area contributed by atoms with Crippen molar-refractivity contribution in [3.8, 4) is 0 Å². The van der Waals surface area contributed by atoms with E-state index in [4.69, 9.17) is 0 Å². The highest BCUT2D eigenvalue weighted by atomic mass is 19.1. The minimum Gasteiger partial charge on any atom is -0.310 e. The summed E-state index contributed by atoms with van der Waals surface area (Å²) in [4.78, 5) is 23.5. The van der Waals surface area contributed by atoms with Crippen LogP contribution in [-0.2, 0) is 12.8 Å². The van der Waals surface area contributed by atoms with Crippen LogP contribution in [0.5, 0.6) is 0 Å². The number of benzene rings is 1. The first-order chi connectivity index (χ1) is 11.7. The summed E-state index contributed by atoms with van der Waals surface area (Å²) in [7, 11) is 0. The van der Waals surface area contributed by atoms with Gasteiger partial charge in [-0.05, 0) is 48.6 Å². The van der Waals surface area contributed by atoms with E-state index >= 15 is 0 Å². The van der Waals surface area contributed by atoms with Crippen LogP contribution in [-0.4, -0.2) is 15.0 Å². The lowest BCUT2D eigenvalue weighted by Crippen LogP contribution is -2.14. The van der Waals surface area contributed by atoms with Crippen LogP contribution in [0.2, 0.25) is 0 Å². The first-order valence-electron chi connectivity index (χ1n) is 8.24. The van der Waals surface area contributed by atoms with Crippen molar-refractivity contribution in [1.82, 2.24) is 15.0 Å². The molecular weight excluding hydrogens is 305 g/mol. The molecule has 0 saturated carbocycles. The number of nitrogens with zero attached hydrogens (tertiary/aromatic N) is 2. The van der Waals surface area contributed by atoms with E-state index < -0.39 is 0 Å². The second-order valence-electron chi connectivity index (χ2n) is 6.03. The average molecular weight is 325 g/mol. The van der Waals surface area contributed by atoms with Gasteiger partial charge in [-0.15, -0.1) is 0 Å². The van der Waals surface area contributed by atoms with Crippen LogP contribution in [0.15, 0.2) is 47.4 Å². The van der Waals surface area contributed by atoms with E-state index in [1.54, 1.807) is 18.3 Å². The molecule has 0 saturated heterocycles. The van der Waals surface area contributed by atoms with E-state index in [1.807, 2.05) is 12.1 Å². The van der Waals surface area contributed by atoms with Crippen LogP contribution in [0.25, 0.3) is 11.0 Å². The Morgan fingerprint density at radius 3 is 2.75 bits per heavy atom. The molecule has 0 amide bonds. The number of aromatic nitrogens is 3. The maximum absolute atomic E-state index is 13.0. The SMILES string of the molecule is CCC(CCc1nc2ncccc2c(=O)[nH]1)Cc1ccc(F)cc1. The summed E-state index contributed by atoms with van der Waals surface area (Å²) in [5.74, 6) is 0.918. The molecule has 0 aliphatic rings. The summed E-state index contributed by atoms with van der Waals surface area (Å²) in [5, 5.41) is 0.514. The standard InChI is InChI=1S/C19H20FN3O/c1-2-13(12-14-5-8-15(20)9-6-14)7-10-17-22-18-16(19(24)23-17)4-3-11-21-18/h3-6,8-9,11,13H,2,7,10,12H2,1H3,(H,21,22,23,24). The van der Waals surface area contributed by atoms with Crippen molar-refractivity contribution in [1.29, 1.82) is 0 Å². The normalized spacial score (nSPS) is 12.4. The molecule has 3 rings (SSSR count). The zero-order valence-corrected chi connectivity index (χ0v) is 13.6. The third kappa shape index (κ3) is 3.85. The minimum atomic E-state index is -0.211. The average Bonchev–Trinajstić information content (AvgIpc) is 2.60. The van der Waals surface area contributed by atoms with Gasteiger partial charge < -0.3 is 4.98 Å². The van der Waals surface area contributed by atoms with Gasteiger partial charge >= 0.3 is 0 Å². The van der Waals surface area contributed by atoms with Crippen LogP contribution >= 0.6 is 0 Å². The fourth-order valence-electron chi connectivity index (χ4n) is 2.88. The Morgan fingerprint density at radius 1 is 1.21 bits per heavy atom. The van der Waals surface area contributed by atoms with Gasteiger partial charge in [0.05, 0.1) is 5.39 Å². The first kappa shape index (κ1) is 16.3. The van der Waals surface area contributed by atoms with Crippen LogP contribution in [0, 0.1) is 11.7 Å². The van der Waals surface area contributed by atoms with Gasteiger partial charge in [0.25, 0.3) is 5.56 Å². The summed E-state index contributed by atoms with van der Waals surface area (Å²) in [5.41, 5.74) is 1.47. The number of nitrogens with one attached hydrogen (secondary N) is 1. The zero-order valence-electron chi connectivity index (χ0n) is 13.6. The van der Waals surface area contributed by atoms with E-state index in [9.17, 15) is 9.18 Å². The largest absolute Gasteiger partial charge is 0.310 e. The first-order valence-corrected chi connectivity index (χ1v) is 8.24. The molecule has 3 aromatic rings. The smallest absolute Gasteiger partial charge is 0.260 e. The molecule has 0 aliphatic carbocycles. The Kier molecular flexibility index (Phi) is 4.99. The van der Waals surface area contributed by atoms with Crippen molar-refractivity contribution < 1.29 is 4.39 Å². The van der Waals surface area contributed by atoms with Gasteiger partial charge in [-0.2, -0.15) is 0 Å². The van der Waals surface area contributed by atoms with Gasteiger partial charge in [0, 0.05) is 12.6 Å². The molecule has 1 unspecified atom stereocenters. The van der Waals surface area contributed by atoms with Gasteiger partial charge in [-0.3, -0.25) is 4.79 Å². The van der Waals surface area contributed by atoms with E-state index in [1.165, 1.54) is 12.1 Å². The Morgan fingerprint density at radius 2 is 2.00 bits per heavy atom. The second-order valence-corrected chi connectivity index (χ2v) is 6.03. The molecule has 2 aromatic heterocycles. The van der Waals surface area contributed by atoms with Crippen molar-refractivity contribution >= 4 is 11.0 Å². The summed E-state index contributed by atoms with van der Waals surface area (Å²) in [6, 6.07) is 10.1. The number of hydrogen-bond acceptors (Lipinski definition) is 3. The van der Waals surface area contributed by atoms with Gasteiger partial charge in [-0.25, -0.2) is 14.4 Å². The van der Waals surface area contributed by atoms with Crippen LogP contribution in [0.3, 0.4) is 0 Å². The van der Waals surface area contributed by atoms with E-state index in [2.05, 4.69) is 21.9 Å². The third-order valence-corrected chi connectivity index (χ3v) is 4.33. The lowest BCUT2D eigenvalue weighted by Gasteiger charge is -2.14. The number of hydrogen-bond donors (Lipinski definition) is 1. The van der Waals surface area contributed by atoms with E-state index in [-0.39, 0.29) is 11.4 Å². The Labute approximate surface area is 139 Å². The van der Waals surface area contributed by atoms with Crippen molar-refractivity contribution in [2.45, 2.75) is 32.6 Å². The summed E-state index contributed by atoms with van der Waals surface area (Å²) < 4.78 is 13.0. The Hall–Kier alpha value is -2.56. The molecule has 1 atom stereocenters. The molecule has 1 aromatic carbocycles. The van der Waals surface area contributed by atoms with Gasteiger partial charge in [-0.1, -0.05) is 25.5 Å². The van der Waals surface area contributed by atoms with Crippen molar-refractivity contribution in [3.63, 3.8) is 0 Å². The van der Waals surface area contributed by atoms with Gasteiger partial charge in [0.15, 0.2) is 5.65 Å². The summed E-state index contributed by atoms with van der Waals surface area (Å²) in [6.45, 7) is 2.15. The van der Waals surface area contributed by atoms with E-state index in [0.29, 0.717) is 29.2 Å². The topological polar surface area (TPSA) is 58.6 Å². The monoisotopic (exact) mass is 325 g/mol. The molecule has 4 nitrogen and oxygen atoms in total. The Bertz CT molecular complexity index is 874. The lowest BCUT2D eigenvalue weighted by atomic mass is 9.92. The highest BCUT2D eigenvalue weighted by molar-refractivity contribution is 5.72. The molecule has 2 heterocycles. The quantitative estimate of drug-likeness (QED) is 0.752. The summed E-state index contributed by atoms with van der Waals surface area (Å²) in [6.07, 6.45) is 5.17. The van der Waals surface area contributed by atoms with Gasteiger partial charge in [0.2, 0.25) is 0 Å². The molecule has 0 bridgehead atoms. The number of rotatable bonds is 6. The zero-order chi connectivity index (χ0) is 16.9. The maximum atomic E-state index is 13.0. The molecule has 5 heteroatoms. The highest BCUT2D eigenvalue weighted by Crippen LogP contribution is 2.18. The molecule has 124 valence electrons. The molecule has 1 N–H and O–H groups in total. The number of pyridine rings is 1. The van der Waals surface area contributed by atoms with Crippen molar-refractivity contribution in [2.75, 3.05) is 0 Å². The predicted octanol–water partition coefficient (Wildman–Crippen LogP) is 3.66. The highest BCUT2D eigenvalue weighted by Gasteiger charge is 2.10. The Balaban J connectivity index is 1.69. The fraction of sp³-hybridized carbons (Fsp3) is 0.316. The molecule has 0 spiro atoms. The lowest BCUT2D eigenvalue weighted by molar-refractivity contribution is 0.462. The van der Waals surface area contributed by atoms with Crippen molar-refractivity contribution in [3.05, 3.63) is 70.2 Å². The predicted molar refractivity (Wildman–Crippen MR) is 92.4 cm³/mol. The number of aryl methyl sites for hydroxylation is 1. The van der Waals surface area contributed by atoms with Crippen LogP contribution < -0.4 is 5.56 Å². The van der Waals surface area contributed by atoms with Crippen molar-refractivity contribution in [2.24, 2.45) is 5.92 Å². The molecule has 0 fully saturated rings. The maximum Gasteiger partial charge on any atom is 0.260 e. The van der Waals surface area contributed by atoms with Crippen LogP contribution in [0.1, 0.15) is 31.2 Å². The number of aromatic amines is 1. The molecule has 24 heavy (non-hydrogen) atoms. The number of fused-ring (bicyclic) bond motifs is 1.